The highest BCUT2D eigenvalue weighted by Gasteiger charge is 2.22. The third kappa shape index (κ3) is 9.09. The molecule has 0 bridgehead atoms. The maximum atomic E-state index is 11.6. The number of aliphatic imine (C=N–C) groups is 1. The van der Waals surface area contributed by atoms with Crippen molar-refractivity contribution in [3.05, 3.63) is 18.5 Å². The van der Waals surface area contributed by atoms with Gasteiger partial charge in [-0.3, -0.25) is 14.5 Å². The van der Waals surface area contributed by atoms with Gasteiger partial charge in [0.15, 0.2) is 5.96 Å². The lowest BCUT2D eigenvalue weighted by Gasteiger charge is -2.11. The molecule has 136 valence electrons. The third-order valence-electron chi connectivity index (χ3n) is 3.53. The Balaban J connectivity index is 0.00000288. The number of aromatic nitrogens is 2. The van der Waals surface area contributed by atoms with Crippen LogP contribution in [0, 0.1) is 0 Å². The summed E-state index contributed by atoms with van der Waals surface area (Å²) in [5, 5.41) is 13.7. The molecule has 1 aromatic heterocycles. The average Bonchev–Trinajstić information content (AvgIpc) is 3.19. The van der Waals surface area contributed by atoms with Gasteiger partial charge in [-0.05, 0) is 38.7 Å². The molecule has 1 aromatic rings. The zero-order valence-electron chi connectivity index (χ0n) is 14.3. The minimum absolute atomic E-state index is 0. The summed E-state index contributed by atoms with van der Waals surface area (Å²) >= 11 is 0. The molecule has 1 amide bonds. The lowest BCUT2D eigenvalue weighted by molar-refractivity contribution is -0.121. The second-order valence-electron chi connectivity index (χ2n) is 5.76. The number of hydrogen-bond acceptors (Lipinski definition) is 3. The SMILES string of the molecule is CCNC(=NCCCn1cccn1)NCCCC(=O)NC1CC1.I. The van der Waals surface area contributed by atoms with Gasteiger partial charge >= 0.3 is 0 Å². The van der Waals surface area contributed by atoms with E-state index in [1.165, 1.54) is 0 Å². The van der Waals surface area contributed by atoms with Crippen molar-refractivity contribution in [1.82, 2.24) is 25.7 Å². The Bertz CT molecular complexity index is 487. The number of nitrogens with zero attached hydrogens (tertiary/aromatic N) is 3. The molecule has 0 atom stereocenters. The molecule has 3 N–H and O–H groups in total. The van der Waals surface area contributed by atoms with Crippen LogP contribution in [-0.2, 0) is 11.3 Å². The zero-order valence-corrected chi connectivity index (χ0v) is 16.7. The smallest absolute Gasteiger partial charge is 0.220 e. The van der Waals surface area contributed by atoms with E-state index in [0.717, 1.165) is 57.8 Å². The van der Waals surface area contributed by atoms with Crippen LogP contribution in [-0.4, -0.2) is 47.3 Å². The minimum atomic E-state index is 0. The average molecular weight is 448 g/mol. The molecule has 2 rings (SSSR count). The molecule has 0 unspecified atom stereocenters. The van der Waals surface area contributed by atoms with Gasteiger partial charge in [0.2, 0.25) is 5.91 Å². The Morgan fingerprint density at radius 1 is 1.33 bits per heavy atom. The summed E-state index contributed by atoms with van der Waals surface area (Å²) in [5.41, 5.74) is 0. The van der Waals surface area contributed by atoms with Crippen LogP contribution >= 0.6 is 24.0 Å². The largest absolute Gasteiger partial charge is 0.357 e. The van der Waals surface area contributed by atoms with Gasteiger partial charge in [-0.25, -0.2) is 0 Å². The van der Waals surface area contributed by atoms with Gasteiger partial charge in [-0.2, -0.15) is 5.10 Å². The summed E-state index contributed by atoms with van der Waals surface area (Å²) in [6.07, 6.45) is 8.36. The third-order valence-corrected chi connectivity index (χ3v) is 3.53. The van der Waals surface area contributed by atoms with Crippen LogP contribution in [0.4, 0.5) is 0 Å². The number of rotatable bonds is 10. The molecule has 8 heteroatoms. The quantitative estimate of drug-likeness (QED) is 0.219. The summed E-state index contributed by atoms with van der Waals surface area (Å²) in [6.45, 7) is 5.24. The van der Waals surface area contributed by atoms with E-state index in [0.29, 0.717) is 12.5 Å². The van der Waals surface area contributed by atoms with Gasteiger partial charge in [0.05, 0.1) is 0 Å². The first-order valence-corrected chi connectivity index (χ1v) is 8.57. The van der Waals surface area contributed by atoms with E-state index in [9.17, 15) is 4.79 Å². The second-order valence-corrected chi connectivity index (χ2v) is 5.76. The normalized spacial score (nSPS) is 14.0. The Morgan fingerprint density at radius 3 is 2.83 bits per heavy atom. The maximum Gasteiger partial charge on any atom is 0.220 e. The molecular weight excluding hydrogens is 419 g/mol. The van der Waals surface area contributed by atoms with E-state index in [1.54, 1.807) is 6.20 Å². The second kappa shape index (κ2) is 12.1. The maximum absolute atomic E-state index is 11.6. The Labute approximate surface area is 161 Å². The number of hydrogen-bond donors (Lipinski definition) is 3. The van der Waals surface area contributed by atoms with Crippen molar-refractivity contribution in [1.29, 1.82) is 0 Å². The molecule has 24 heavy (non-hydrogen) atoms. The Hall–Kier alpha value is -1.32. The number of amides is 1. The van der Waals surface area contributed by atoms with Crippen molar-refractivity contribution in [2.24, 2.45) is 4.99 Å². The van der Waals surface area contributed by atoms with E-state index in [4.69, 9.17) is 0 Å². The van der Waals surface area contributed by atoms with E-state index in [2.05, 4.69) is 26.0 Å². The molecule has 0 radical (unpaired) electrons. The van der Waals surface area contributed by atoms with Crippen LogP contribution < -0.4 is 16.0 Å². The molecule has 0 saturated heterocycles. The van der Waals surface area contributed by atoms with Crippen molar-refractivity contribution >= 4 is 35.8 Å². The first kappa shape index (κ1) is 20.7. The first-order chi connectivity index (χ1) is 11.3. The van der Waals surface area contributed by atoms with Gasteiger partial charge in [0, 0.05) is 51.0 Å². The van der Waals surface area contributed by atoms with Crippen molar-refractivity contribution in [3.8, 4) is 0 Å². The topological polar surface area (TPSA) is 83.3 Å². The van der Waals surface area contributed by atoms with Crippen LogP contribution in [0.5, 0.6) is 0 Å². The summed E-state index contributed by atoms with van der Waals surface area (Å²) in [4.78, 5) is 16.1. The fraction of sp³-hybridized carbons (Fsp3) is 0.688. The van der Waals surface area contributed by atoms with Gasteiger partial charge in [0.1, 0.15) is 0 Å². The summed E-state index contributed by atoms with van der Waals surface area (Å²) < 4.78 is 1.91. The highest BCUT2D eigenvalue weighted by Crippen LogP contribution is 2.18. The lowest BCUT2D eigenvalue weighted by Crippen LogP contribution is -2.38. The Morgan fingerprint density at radius 2 is 2.17 bits per heavy atom. The van der Waals surface area contributed by atoms with Gasteiger partial charge in [-0.1, -0.05) is 0 Å². The van der Waals surface area contributed by atoms with Gasteiger partial charge in [0.25, 0.3) is 0 Å². The number of halogens is 1. The summed E-state index contributed by atoms with van der Waals surface area (Å²) in [5.74, 6) is 0.978. The molecule has 1 heterocycles. The van der Waals surface area contributed by atoms with Crippen molar-refractivity contribution in [2.75, 3.05) is 19.6 Å². The molecule has 1 aliphatic rings. The van der Waals surface area contributed by atoms with Crippen molar-refractivity contribution in [3.63, 3.8) is 0 Å². The van der Waals surface area contributed by atoms with Crippen LogP contribution in [0.25, 0.3) is 0 Å². The highest BCUT2D eigenvalue weighted by molar-refractivity contribution is 14.0. The molecule has 1 fully saturated rings. The number of carbonyl (C=O) groups is 1. The van der Waals surface area contributed by atoms with E-state index in [-0.39, 0.29) is 29.9 Å². The van der Waals surface area contributed by atoms with Crippen LogP contribution in [0.3, 0.4) is 0 Å². The van der Waals surface area contributed by atoms with Gasteiger partial charge < -0.3 is 16.0 Å². The predicted octanol–water partition coefficient (Wildman–Crippen LogP) is 1.51. The molecule has 7 nitrogen and oxygen atoms in total. The molecular formula is C16H29IN6O. The van der Waals surface area contributed by atoms with Crippen LogP contribution in [0.2, 0.25) is 0 Å². The van der Waals surface area contributed by atoms with Crippen LogP contribution in [0.1, 0.15) is 39.0 Å². The summed E-state index contributed by atoms with van der Waals surface area (Å²) in [6, 6.07) is 2.37. The molecule has 1 saturated carbocycles. The zero-order chi connectivity index (χ0) is 16.3. The van der Waals surface area contributed by atoms with E-state index < -0.39 is 0 Å². The van der Waals surface area contributed by atoms with Crippen LogP contribution in [0.15, 0.2) is 23.5 Å². The lowest BCUT2D eigenvalue weighted by atomic mass is 10.3. The van der Waals surface area contributed by atoms with E-state index in [1.807, 2.05) is 23.9 Å². The summed E-state index contributed by atoms with van der Waals surface area (Å²) in [7, 11) is 0. The predicted molar refractivity (Wildman–Crippen MR) is 107 cm³/mol. The number of guanidine groups is 1. The van der Waals surface area contributed by atoms with Gasteiger partial charge in [-0.15, -0.1) is 24.0 Å². The number of carbonyl (C=O) groups excluding carboxylic acids is 1. The van der Waals surface area contributed by atoms with E-state index >= 15 is 0 Å². The molecule has 0 aromatic carbocycles. The standard InChI is InChI=1S/C16H28N6O.HI/c1-2-17-16(19-10-4-12-22-13-5-11-20-22)18-9-3-6-15(23)21-14-7-8-14;/h5,11,13-14H,2-4,6-10,12H2,1H3,(H,21,23)(H2,17,18,19);1H. The Kier molecular flexibility index (Phi) is 10.4. The fourth-order valence-corrected chi connectivity index (χ4v) is 2.18. The molecule has 1 aliphatic carbocycles. The fourth-order valence-electron chi connectivity index (χ4n) is 2.18. The minimum Gasteiger partial charge on any atom is -0.357 e. The highest BCUT2D eigenvalue weighted by atomic mass is 127. The first-order valence-electron chi connectivity index (χ1n) is 8.57. The molecule has 0 aliphatic heterocycles. The van der Waals surface area contributed by atoms with Crippen molar-refractivity contribution < 1.29 is 4.79 Å². The monoisotopic (exact) mass is 448 g/mol. The number of nitrogens with one attached hydrogen (secondary N) is 3. The molecule has 0 spiro atoms. The van der Waals surface area contributed by atoms with Crippen molar-refractivity contribution in [2.45, 2.75) is 51.6 Å². The number of aryl methyl sites for hydroxylation is 1.